The number of rotatable bonds is 7. The maximum Gasteiger partial charge on any atom is 0.191 e. The molecule has 0 fully saturated rings. The van der Waals surface area contributed by atoms with E-state index in [1.54, 1.807) is 24.2 Å². The van der Waals surface area contributed by atoms with Gasteiger partial charge in [-0.3, -0.25) is 4.98 Å². The Balaban J connectivity index is 2.24. The number of pyridine rings is 1. The Morgan fingerprint density at radius 3 is 2.58 bits per heavy atom. The molecule has 0 amide bonds. The molecule has 0 radical (unpaired) electrons. The Bertz CT molecular complexity index is 495. The van der Waals surface area contributed by atoms with Crippen molar-refractivity contribution >= 4 is 11.8 Å². The molecule has 0 saturated carbocycles. The van der Waals surface area contributed by atoms with Crippen molar-refractivity contribution in [3.63, 3.8) is 0 Å². The van der Waals surface area contributed by atoms with Crippen molar-refractivity contribution in [2.75, 3.05) is 5.75 Å². The SMILES string of the molecule is CCCCSc1nnc(-c2ccncc2)n1CCC. The standard InChI is InChI=1S/C14H20N4S/c1-3-5-11-19-14-17-16-13(18(14)10-4-2)12-6-8-15-9-7-12/h6-9H,3-5,10-11H2,1-2H3. The van der Waals surface area contributed by atoms with Gasteiger partial charge in [0.25, 0.3) is 0 Å². The van der Waals surface area contributed by atoms with Crippen molar-refractivity contribution in [3.8, 4) is 11.4 Å². The molecule has 2 aromatic rings. The van der Waals surface area contributed by atoms with Crippen molar-refractivity contribution in [3.05, 3.63) is 24.5 Å². The summed E-state index contributed by atoms with van der Waals surface area (Å²) < 4.78 is 2.22. The molecule has 19 heavy (non-hydrogen) atoms. The number of aromatic nitrogens is 4. The molecule has 2 rings (SSSR count). The lowest BCUT2D eigenvalue weighted by atomic mass is 10.2. The zero-order valence-corrected chi connectivity index (χ0v) is 12.4. The first kappa shape index (κ1) is 14.1. The van der Waals surface area contributed by atoms with Crippen LogP contribution in [0, 0.1) is 0 Å². The van der Waals surface area contributed by atoms with Crippen LogP contribution < -0.4 is 0 Å². The monoisotopic (exact) mass is 276 g/mol. The van der Waals surface area contributed by atoms with Crippen LogP contribution in [0.4, 0.5) is 0 Å². The van der Waals surface area contributed by atoms with Gasteiger partial charge >= 0.3 is 0 Å². The van der Waals surface area contributed by atoms with Gasteiger partial charge in [0.2, 0.25) is 0 Å². The first-order valence-electron chi connectivity index (χ1n) is 6.83. The highest BCUT2D eigenvalue weighted by Crippen LogP contribution is 2.24. The summed E-state index contributed by atoms with van der Waals surface area (Å²) in [5.74, 6) is 2.05. The molecule has 0 unspecified atom stereocenters. The van der Waals surface area contributed by atoms with Gasteiger partial charge in [0.15, 0.2) is 11.0 Å². The van der Waals surface area contributed by atoms with Gasteiger partial charge in [0.05, 0.1) is 0 Å². The van der Waals surface area contributed by atoms with Crippen molar-refractivity contribution in [2.45, 2.75) is 44.8 Å². The summed E-state index contributed by atoms with van der Waals surface area (Å²) in [6.45, 7) is 5.34. The molecule has 0 aromatic carbocycles. The molecule has 5 heteroatoms. The fourth-order valence-electron chi connectivity index (χ4n) is 1.84. The minimum atomic E-state index is 0.947. The summed E-state index contributed by atoms with van der Waals surface area (Å²) in [4.78, 5) is 4.05. The molecule has 0 aliphatic rings. The molecule has 0 atom stereocenters. The summed E-state index contributed by atoms with van der Waals surface area (Å²) in [5.41, 5.74) is 1.08. The molecule has 0 saturated heterocycles. The first-order valence-corrected chi connectivity index (χ1v) is 7.81. The fourth-order valence-corrected chi connectivity index (χ4v) is 2.89. The van der Waals surface area contributed by atoms with Crippen LogP contribution in [0.25, 0.3) is 11.4 Å². The Hall–Kier alpha value is -1.36. The van der Waals surface area contributed by atoms with Crippen LogP contribution in [-0.4, -0.2) is 25.5 Å². The first-order chi connectivity index (χ1) is 9.36. The van der Waals surface area contributed by atoms with Crippen LogP contribution in [0.3, 0.4) is 0 Å². The topological polar surface area (TPSA) is 43.6 Å². The van der Waals surface area contributed by atoms with Crippen molar-refractivity contribution in [1.29, 1.82) is 0 Å². The molecule has 0 spiro atoms. The highest BCUT2D eigenvalue weighted by atomic mass is 32.2. The number of thioether (sulfide) groups is 1. The van der Waals surface area contributed by atoms with Crippen molar-refractivity contribution in [2.24, 2.45) is 0 Å². The third-order valence-electron chi connectivity index (χ3n) is 2.83. The van der Waals surface area contributed by atoms with E-state index >= 15 is 0 Å². The second kappa shape index (κ2) is 7.28. The van der Waals surface area contributed by atoms with Crippen molar-refractivity contribution in [1.82, 2.24) is 19.7 Å². The smallest absolute Gasteiger partial charge is 0.191 e. The summed E-state index contributed by atoms with van der Waals surface area (Å²) in [6.07, 6.45) is 7.10. The minimum Gasteiger partial charge on any atom is -0.302 e. The average Bonchev–Trinajstić information content (AvgIpc) is 2.84. The zero-order chi connectivity index (χ0) is 13.5. The zero-order valence-electron chi connectivity index (χ0n) is 11.5. The van der Waals surface area contributed by atoms with Gasteiger partial charge in [-0.05, 0) is 25.0 Å². The van der Waals surface area contributed by atoms with Gasteiger partial charge in [-0.15, -0.1) is 10.2 Å². The van der Waals surface area contributed by atoms with Crippen LogP contribution >= 0.6 is 11.8 Å². The molecule has 102 valence electrons. The highest BCUT2D eigenvalue weighted by Gasteiger charge is 2.13. The van der Waals surface area contributed by atoms with E-state index in [2.05, 4.69) is 33.6 Å². The van der Waals surface area contributed by atoms with E-state index in [-0.39, 0.29) is 0 Å². The maximum atomic E-state index is 4.35. The second-order valence-corrected chi connectivity index (χ2v) is 5.46. The predicted octanol–water partition coefficient (Wildman–Crippen LogP) is 3.64. The Labute approximate surface area is 118 Å². The van der Waals surface area contributed by atoms with Gasteiger partial charge in [-0.25, -0.2) is 0 Å². The molecular weight excluding hydrogens is 256 g/mol. The number of unbranched alkanes of at least 4 members (excludes halogenated alkanes) is 1. The van der Waals surface area contributed by atoms with E-state index < -0.39 is 0 Å². The third-order valence-corrected chi connectivity index (χ3v) is 3.88. The van der Waals surface area contributed by atoms with E-state index in [0.29, 0.717) is 0 Å². The molecule has 0 aliphatic heterocycles. The van der Waals surface area contributed by atoms with Crippen LogP contribution in [0.15, 0.2) is 29.7 Å². The summed E-state index contributed by atoms with van der Waals surface area (Å²) in [6, 6.07) is 3.97. The number of hydrogen-bond acceptors (Lipinski definition) is 4. The summed E-state index contributed by atoms with van der Waals surface area (Å²) in [5, 5.41) is 9.72. The molecule has 2 aromatic heterocycles. The van der Waals surface area contributed by atoms with E-state index in [0.717, 1.165) is 35.3 Å². The van der Waals surface area contributed by atoms with Gasteiger partial charge < -0.3 is 4.57 Å². The van der Waals surface area contributed by atoms with Gasteiger partial charge in [0.1, 0.15) is 0 Å². The Morgan fingerprint density at radius 2 is 1.89 bits per heavy atom. The quantitative estimate of drug-likeness (QED) is 0.572. The Kier molecular flexibility index (Phi) is 5.39. The number of nitrogens with zero attached hydrogens (tertiary/aromatic N) is 4. The third kappa shape index (κ3) is 3.56. The molecule has 0 bridgehead atoms. The molecule has 0 N–H and O–H groups in total. The molecule has 0 aliphatic carbocycles. The van der Waals surface area contributed by atoms with Crippen molar-refractivity contribution < 1.29 is 0 Å². The molecule has 4 nitrogen and oxygen atoms in total. The number of hydrogen-bond donors (Lipinski definition) is 0. The van der Waals surface area contributed by atoms with Gasteiger partial charge in [-0.2, -0.15) is 0 Å². The van der Waals surface area contributed by atoms with E-state index in [1.807, 2.05) is 12.1 Å². The van der Waals surface area contributed by atoms with E-state index in [4.69, 9.17) is 0 Å². The normalized spacial score (nSPS) is 10.8. The fraction of sp³-hybridized carbons (Fsp3) is 0.500. The lowest BCUT2D eigenvalue weighted by Crippen LogP contribution is -2.02. The molecule has 2 heterocycles. The molecular formula is C14H20N4S. The lowest BCUT2D eigenvalue weighted by Gasteiger charge is -2.08. The van der Waals surface area contributed by atoms with Gasteiger partial charge in [0, 0.05) is 30.3 Å². The lowest BCUT2D eigenvalue weighted by molar-refractivity contribution is 0.626. The summed E-state index contributed by atoms with van der Waals surface area (Å²) >= 11 is 1.80. The summed E-state index contributed by atoms with van der Waals surface area (Å²) in [7, 11) is 0. The van der Waals surface area contributed by atoms with Crippen LogP contribution in [0.1, 0.15) is 33.1 Å². The van der Waals surface area contributed by atoms with E-state index in [9.17, 15) is 0 Å². The van der Waals surface area contributed by atoms with Gasteiger partial charge in [-0.1, -0.05) is 32.0 Å². The minimum absolute atomic E-state index is 0.947. The highest BCUT2D eigenvalue weighted by molar-refractivity contribution is 7.99. The second-order valence-electron chi connectivity index (χ2n) is 4.40. The largest absolute Gasteiger partial charge is 0.302 e. The Morgan fingerprint density at radius 1 is 1.11 bits per heavy atom. The van der Waals surface area contributed by atoms with Crippen LogP contribution in [-0.2, 0) is 6.54 Å². The average molecular weight is 276 g/mol. The maximum absolute atomic E-state index is 4.35. The predicted molar refractivity (Wildman–Crippen MR) is 79.2 cm³/mol. The van der Waals surface area contributed by atoms with Crippen LogP contribution in [0.2, 0.25) is 0 Å². The van der Waals surface area contributed by atoms with E-state index in [1.165, 1.54) is 12.8 Å². The van der Waals surface area contributed by atoms with Crippen LogP contribution in [0.5, 0.6) is 0 Å².